The highest BCUT2D eigenvalue weighted by molar-refractivity contribution is 14.1. The van der Waals surface area contributed by atoms with Crippen LogP contribution in [0.3, 0.4) is 0 Å². The van der Waals surface area contributed by atoms with Crippen molar-refractivity contribution in [3.63, 3.8) is 0 Å². The summed E-state index contributed by atoms with van der Waals surface area (Å²) in [5, 5.41) is 0.427. The van der Waals surface area contributed by atoms with E-state index in [9.17, 15) is 4.79 Å². The van der Waals surface area contributed by atoms with Gasteiger partial charge < -0.3 is 5.73 Å². The molecule has 1 aromatic rings. The van der Waals surface area contributed by atoms with Crippen LogP contribution in [0.1, 0.15) is 15.9 Å². The van der Waals surface area contributed by atoms with Gasteiger partial charge >= 0.3 is 0 Å². The molecule has 0 aliphatic heterocycles. The Kier molecular flexibility index (Phi) is 3.34. The van der Waals surface area contributed by atoms with Crippen LogP contribution >= 0.6 is 34.2 Å². The highest BCUT2D eigenvalue weighted by atomic mass is 127. The van der Waals surface area contributed by atoms with Crippen molar-refractivity contribution < 1.29 is 4.79 Å². The SMILES string of the molecule is NC(=O)c1c(Cl)cccc1CI. The van der Waals surface area contributed by atoms with E-state index in [1.54, 1.807) is 6.07 Å². The number of primary amides is 1. The number of rotatable bonds is 2. The zero-order chi connectivity index (χ0) is 9.14. The quantitative estimate of drug-likeness (QED) is 0.660. The molecule has 1 aromatic carbocycles. The first-order valence-electron chi connectivity index (χ1n) is 3.30. The molecule has 0 bridgehead atoms. The molecule has 12 heavy (non-hydrogen) atoms. The number of alkyl halides is 1. The van der Waals surface area contributed by atoms with Crippen molar-refractivity contribution in [2.75, 3.05) is 0 Å². The maximum absolute atomic E-state index is 10.9. The van der Waals surface area contributed by atoms with Crippen molar-refractivity contribution in [2.24, 2.45) is 5.73 Å². The van der Waals surface area contributed by atoms with Crippen LogP contribution in [0.15, 0.2) is 18.2 Å². The van der Waals surface area contributed by atoms with E-state index in [4.69, 9.17) is 17.3 Å². The number of carbonyl (C=O) groups is 1. The molecule has 4 heteroatoms. The Hall–Kier alpha value is -0.290. The highest BCUT2D eigenvalue weighted by Crippen LogP contribution is 2.21. The van der Waals surface area contributed by atoms with Gasteiger partial charge in [-0.1, -0.05) is 46.3 Å². The average Bonchev–Trinajstić information content (AvgIpc) is 2.03. The smallest absolute Gasteiger partial charge is 0.250 e. The van der Waals surface area contributed by atoms with Crippen LogP contribution in [0.25, 0.3) is 0 Å². The molecule has 0 radical (unpaired) electrons. The van der Waals surface area contributed by atoms with Crippen molar-refractivity contribution >= 4 is 40.1 Å². The van der Waals surface area contributed by atoms with E-state index in [0.717, 1.165) is 9.99 Å². The molecule has 1 rings (SSSR count). The molecule has 2 nitrogen and oxygen atoms in total. The number of nitrogens with two attached hydrogens (primary N) is 1. The van der Waals surface area contributed by atoms with Crippen LogP contribution < -0.4 is 5.73 Å². The van der Waals surface area contributed by atoms with Crippen molar-refractivity contribution in [1.29, 1.82) is 0 Å². The summed E-state index contributed by atoms with van der Waals surface area (Å²) in [6.45, 7) is 0. The predicted molar refractivity (Wildman–Crippen MR) is 57.7 cm³/mol. The number of amides is 1. The van der Waals surface area contributed by atoms with E-state index in [2.05, 4.69) is 22.6 Å². The summed E-state index contributed by atoms with van der Waals surface area (Å²) < 4.78 is 0.733. The van der Waals surface area contributed by atoms with Gasteiger partial charge in [-0.05, 0) is 11.6 Å². The van der Waals surface area contributed by atoms with Crippen molar-refractivity contribution in [3.8, 4) is 0 Å². The van der Waals surface area contributed by atoms with Crippen LogP contribution in [0.2, 0.25) is 5.02 Å². The minimum absolute atomic E-state index is 0.427. The fourth-order valence-electron chi connectivity index (χ4n) is 0.956. The van der Waals surface area contributed by atoms with E-state index in [0.29, 0.717) is 10.6 Å². The number of hydrogen-bond donors (Lipinski definition) is 1. The summed E-state index contributed by atoms with van der Waals surface area (Å²) in [6, 6.07) is 5.32. The minimum atomic E-state index is -0.465. The van der Waals surface area contributed by atoms with Crippen LogP contribution in [0.4, 0.5) is 0 Å². The molecular weight excluding hydrogens is 288 g/mol. The van der Waals surface area contributed by atoms with E-state index in [1.165, 1.54) is 0 Å². The molecule has 0 aliphatic rings. The van der Waals surface area contributed by atoms with E-state index >= 15 is 0 Å². The lowest BCUT2D eigenvalue weighted by Gasteiger charge is -2.04. The zero-order valence-electron chi connectivity index (χ0n) is 6.18. The molecule has 0 fully saturated rings. The second-order valence-corrected chi connectivity index (χ2v) is 3.44. The van der Waals surface area contributed by atoms with Crippen LogP contribution in [-0.2, 0) is 4.43 Å². The van der Waals surface area contributed by atoms with E-state index in [1.807, 2.05) is 12.1 Å². The monoisotopic (exact) mass is 295 g/mol. The Balaban J connectivity index is 3.29. The van der Waals surface area contributed by atoms with E-state index < -0.39 is 5.91 Å². The number of carbonyl (C=O) groups excluding carboxylic acids is 1. The molecule has 64 valence electrons. The second-order valence-electron chi connectivity index (χ2n) is 2.27. The molecule has 0 aliphatic carbocycles. The third-order valence-corrected chi connectivity index (χ3v) is 2.63. The summed E-state index contributed by atoms with van der Waals surface area (Å²) in [7, 11) is 0. The molecule has 0 spiro atoms. The molecule has 0 saturated carbocycles. The van der Waals surface area contributed by atoms with Gasteiger partial charge in [0.1, 0.15) is 0 Å². The molecule has 0 saturated heterocycles. The lowest BCUT2D eigenvalue weighted by molar-refractivity contribution is 0.1000. The van der Waals surface area contributed by atoms with Gasteiger partial charge in [0.15, 0.2) is 0 Å². The highest BCUT2D eigenvalue weighted by Gasteiger charge is 2.10. The molecule has 0 heterocycles. The summed E-state index contributed by atoms with van der Waals surface area (Å²) >= 11 is 7.96. The van der Waals surface area contributed by atoms with Gasteiger partial charge in [-0.15, -0.1) is 0 Å². The lowest BCUT2D eigenvalue weighted by Crippen LogP contribution is -2.13. The Labute approximate surface area is 89.2 Å². The third-order valence-electron chi connectivity index (χ3n) is 1.49. The first kappa shape index (κ1) is 9.80. The molecule has 0 aromatic heterocycles. The lowest BCUT2D eigenvalue weighted by atomic mass is 10.1. The van der Waals surface area contributed by atoms with Gasteiger partial charge in [-0.2, -0.15) is 0 Å². The molecule has 2 N–H and O–H groups in total. The summed E-state index contributed by atoms with van der Waals surface area (Å²) in [6.07, 6.45) is 0. The molecule has 0 unspecified atom stereocenters. The van der Waals surface area contributed by atoms with Gasteiger partial charge in [-0.3, -0.25) is 4.79 Å². The van der Waals surface area contributed by atoms with Gasteiger partial charge in [0.2, 0.25) is 0 Å². The van der Waals surface area contributed by atoms with Crippen LogP contribution in [0, 0.1) is 0 Å². The maximum Gasteiger partial charge on any atom is 0.250 e. The maximum atomic E-state index is 10.9. The van der Waals surface area contributed by atoms with Crippen molar-refractivity contribution in [1.82, 2.24) is 0 Å². The van der Waals surface area contributed by atoms with Gasteiger partial charge in [0.05, 0.1) is 10.6 Å². The molecular formula is C8H7ClINO. The first-order valence-corrected chi connectivity index (χ1v) is 5.20. The number of benzene rings is 1. The first-order chi connectivity index (χ1) is 5.66. The fraction of sp³-hybridized carbons (Fsp3) is 0.125. The predicted octanol–water partition coefficient (Wildman–Crippen LogP) is 2.37. The summed E-state index contributed by atoms with van der Waals surface area (Å²) in [4.78, 5) is 10.9. The Bertz CT molecular complexity index is 314. The molecule has 1 amide bonds. The topological polar surface area (TPSA) is 43.1 Å². The van der Waals surface area contributed by atoms with E-state index in [-0.39, 0.29) is 0 Å². The van der Waals surface area contributed by atoms with Crippen LogP contribution in [0.5, 0.6) is 0 Å². The standard InChI is InChI=1S/C8H7ClINO/c9-6-3-1-2-5(4-10)7(6)8(11)12/h1-3H,4H2,(H2,11,12). The number of halogens is 2. The fourth-order valence-corrected chi connectivity index (χ4v) is 1.88. The van der Waals surface area contributed by atoms with Gasteiger partial charge in [0.25, 0.3) is 5.91 Å². The van der Waals surface area contributed by atoms with Gasteiger partial charge in [-0.25, -0.2) is 0 Å². The normalized spacial score (nSPS) is 9.83. The minimum Gasteiger partial charge on any atom is -0.366 e. The average molecular weight is 296 g/mol. The summed E-state index contributed by atoms with van der Waals surface area (Å²) in [5.41, 5.74) is 6.49. The van der Waals surface area contributed by atoms with Crippen molar-refractivity contribution in [2.45, 2.75) is 4.43 Å². The summed E-state index contributed by atoms with van der Waals surface area (Å²) in [5.74, 6) is -0.465. The zero-order valence-corrected chi connectivity index (χ0v) is 9.09. The van der Waals surface area contributed by atoms with Crippen LogP contribution in [-0.4, -0.2) is 5.91 Å². The van der Waals surface area contributed by atoms with Gasteiger partial charge in [0, 0.05) is 4.43 Å². The second kappa shape index (κ2) is 4.09. The van der Waals surface area contributed by atoms with Crippen molar-refractivity contribution in [3.05, 3.63) is 34.3 Å². The molecule has 0 atom stereocenters. The largest absolute Gasteiger partial charge is 0.366 e. The Morgan fingerprint density at radius 2 is 2.25 bits per heavy atom. The number of hydrogen-bond acceptors (Lipinski definition) is 1. The Morgan fingerprint density at radius 1 is 1.58 bits per heavy atom. The third kappa shape index (κ3) is 1.90. The Morgan fingerprint density at radius 3 is 2.67 bits per heavy atom.